The molecule has 1 aliphatic rings. The molecule has 34 heavy (non-hydrogen) atoms. The van der Waals surface area contributed by atoms with Crippen LogP contribution in [-0.2, 0) is 29.7 Å². The van der Waals surface area contributed by atoms with Gasteiger partial charge in [0.25, 0.3) is 5.92 Å². The number of pyridine rings is 1. The number of carbonyl (C=O) groups is 1. The normalized spacial score (nSPS) is 14.0. The van der Waals surface area contributed by atoms with E-state index in [4.69, 9.17) is 0 Å². The van der Waals surface area contributed by atoms with Crippen LogP contribution in [0.15, 0.2) is 49.1 Å². The highest BCUT2D eigenvalue weighted by Gasteiger charge is 2.34. The van der Waals surface area contributed by atoms with Crippen molar-refractivity contribution in [2.75, 3.05) is 25.6 Å². The van der Waals surface area contributed by atoms with E-state index in [9.17, 15) is 18.0 Å². The summed E-state index contributed by atoms with van der Waals surface area (Å²) in [4.78, 5) is 18.0. The number of rotatable bonds is 8. The van der Waals surface area contributed by atoms with Crippen LogP contribution >= 0.6 is 0 Å². The SMILES string of the molecule is COCC(F)(F)CN1Cc2ccc(NC(=O)/C=C/c3cncc(F)c3-c3cnn(C)c3)cc2C1. The molecule has 7 nitrogen and oxygen atoms in total. The molecule has 0 spiro atoms. The average Bonchev–Trinajstić information content (AvgIpc) is 3.36. The first kappa shape index (κ1) is 23.7. The molecule has 0 radical (unpaired) electrons. The first-order valence-electron chi connectivity index (χ1n) is 10.6. The minimum absolute atomic E-state index is 0.301. The van der Waals surface area contributed by atoms with Gasteiger partial charge in [0, 0.05) is 68.1 Å². The average molecular weight is 471 g/mol. The van der Waals surface area contributed by atoms with Gasteiger partial charge in [-0.2, -0.15) is 5.10 Å². The summed E-state index contributed by atoms with van der Waals surface area (Å²) in [5, 5.41) is 6.82. The molecule has 0 saturated carbocycles. The Morgan fingerprint density at radius 1 is 1.24 bits per heavy atom. The van der Waals surface area contributed by atoms with Crippen LogP contribution in [-0.4, -0.2) is 51.8 Å². The molecule has 4 rings (SSSR count). The molecule has 10 heteroatoms. The molecular weight excluding hydrogens is 447 g/mol. The van der Waals surface area contributed by atoms with E-state index < -0.39 is 30.8 Å². The second-order valence-corrected chi connectivity index (χ2v) is 8.23. The van der Waals surface area contributed by atoms with Crippen molar-refractivity contribution in [3.8, 4) is 11.1 Å². The molecule has 0 fully saturated rings. The number of benzene rings is 1. The third kappa shape index (κ3) is 5.52. The van der Waals surface area contributed by atoms with Crippen LogP contribution in [0.4, 0.5) is 18.9 Å². The van der Waals surface area contributed by atoms with Gasteiger partial charge in [0.1, 0.15) is 12.4 Å². The molecular formula is C24H24F3N5O2. The van der Waals surface area contributed by atoms with Gasteiger partial charge in [0.15, 0.2) is 0 Å². The fraction of sp³-hybridized carbons (Fsp3) is 0.292. The highest BCUT2D eigenvalue weighted by Crippen LogP contribution is 2.29. The van der Waals surface area contributed by atoms with Crippen LogP contribution < -0.4 is 5.32 Å². The van der Waals surface area contributed by atoms with Crippen molar-refractivity contribution in [1.29, 1.82) is 0 Å². The largest absolute Gasteiger partial charge is 0.378 e. The van der Waals surface area contributed by atoms with Gasteiger partial charge in [-0.1, -0.05) is 6.07 Å². The first-order chi connectivity index (χ1) is 16.2. The molecule has 0 atom stereocenters. The molecule has 0 bridgehead atoms. The Morgan fingerprint density at radius 2 is 2.03 bits per heavy atom. The summed E-state index contributed by atoms with van der Waals surface area (Å²) in [5.41, 5.74) is 3.67. The van der Waals surface area contributed by atoms with Gasteiger partial charge in [-0.05, 0) is 29.3 Å². The zero-order valence-corrected chi connectivity index (χ0v) is 18.8. The molecule has 0 saturated heterocycles. The number of alkyl halides is 2. The molecule has 0 unspecified atom stereocenters. The second-order valence-electron chi connectivity index (χ2n) is 8.23. The van der Waals surface area contributed by atoms with Gasteiger partial charge in [-0.15, -0.1) is 0 Å². The van der Waals surface area contributed by atoms with Crippen molar-refractivity contribution >= 4 is 17.7 Å². The Morgan fingerprint density at radius 3 is 2.76 bits per heavy atom. The van der Waals surface area contributed by atoms with Crippen molar-refractivity contribution in [1.82, 2.24) is 19.7 Å². The number of nitrogens with zero attached hydrogens (tertiary/aromatic N) is 4. The van der Waals surface area contributed by atoms with Crippen LogP contribution in [0.5, 0.6) is 0 Å². The Balaban J connectivity index is 1.43. The smallest absolute Gasteiger partial charge is 0.283 e. The fourth-order valence-electron chi connectivity index (χ4n) is 4.02. The quantitative estimate of drug-likeness (QED) is 0.505. The Bertz CT molecular complexity index is 1230. The molecule has 2 aromatic heterocycles. The zero-order chi connectivity index (χ0) is 24.3. The number of hydrogen-bond donors (Lipinski definition) is 1. The van der Waals surface area contributed by atoms with Crippen molar-refractivity contribution in [3.05, 3.63) is 71.6 Å². The maximum atomic E-state index is 14.4. The maximum absolute atomic E-state index is 14.4. The highest BCUT2D eigenvalue weighted by atomic mass is 19.3. The van der Waals surface area contributed by atoms with E-state index in [1.165, 1.54) is 31.7 Å². The number of ether oxygens (including phenoxy) is 1. The van der Waals surface area contributed by atoms with Crippen LogP contribution in [0.3, 0.4) is 0 Å². The minimum Gasteiger partial charge on any atom is -0.378 e. The van der Waals surface area contributed by atoms with Crippen molar-refractivity contribution in [2.24, 2.45) is 7.05 Å². The lowest BCUT2D eigenvalue weighted by atomic mass is 10.0. The third-order valence-corrected chi connectivity index (χ3v) is 5.41. The molecule has 1 N–H and O–H groups in total. The lowest BCUT2D eigenvalue weighted by Gasteiger charge is -2.22. The summed E-state index contributed by atoms with van der Waals surface area (Å²) in [6, 6.07) is 5.33. The first-order valence-corrected chi connectivity index (χ1v) is 10.6. The lowest BCUT2D eigenvalue weighted by molar-refractivity contribution is -0.111. The Hall–Kier alpha value is -3.50. The number of halogens is 3. The summed E-state index contributed by atoms with van der Waals surface area (Å²) < 4.78 is 48.3. The number of fused-ring (bicyclic) bond motifs is 1. The van der Waals surface area contributed by atoms with Crippen molar-refractivity contribution in [2.45, 2.75) is 19.0 Å². The topological polar surface area (TPSA) is 72.3 Å². The van der Waals surface area contributed by atoms with E-state index in [0.717, 1.165) is 17.3 Å². The number of nitrogens with one attached hydrogen (secondary N) is 1. The molecule has 1 amide bonds. The summed E-state index contributed by atoms with van der Waals surface area (Å²) in [6.07, 6.45) is 8.57. The lowest BCUT2D eigenvalue weighted by Crippen LogP contribution is -2.37. The van der Waals surface area contributed by atoms with Gasteiger partial charge < -0.3 is 10.1 Å². The van der Waals surface area contributed by atoms with E-state index in [0.29, 0.717) is 35.5 Å². The molecule has 1 aromatic carbocycles. The fourth-order valence-corrected chi connectivity index (χ4v) is 4.02. The molecule has 0 aliphatic carbocycles. The predicted octanol–water partition coefficient (Wildman–Crippen LogP) is 3.87. The second kappa shape index (κ2) is 9.78. The third-order valence-electron chi connectivity index (χ3n) is 5.41. The van der Waals surface area contributed by atoms with E-state index in [1.807, 2.05) is 6.07 Å². The summed E-state index contributed by atoms with van der Waals surface area (Å²) in [7, 11) is 2.98. The number of amides is 1. The van der Waals surface area contributed by atoms with E-state index in [1.54, 1.807) is 35.0 Å². The standard InChI is InChI=1S/C24H24F3N5O2/c1-31-11-19(9-29-31)23-16(8-28-10-21(23)25)4-6-22(33)30-20-5-3-17-12-32(13-18(17)7-20)14-24(26,27)15-34-2/h3-11H,12-15H2,1-2H3,(H,30,33)/b6-4+. The molecule has 3 aromatic rings. The summed E-state index contributed by atoms with van der Waals surface area (Å²) in [5.74, 6) is -3.86. The van der Waals surface area contributed by atoms with Crippen molar-refractivity contribution in [3.63, 3.8) is 0 Å². The number of methoxy groups -OCH3 is 1. The number of aryl methyl sites for hydroxylation is 1. The van der Waals surface area contributed by atoms with E-state index in [2.05, 4.69) is 20.1 Å². The van der Waals surface area contributed by atoms with Crippen LogP contribution in [0.2, 0.25) is 0 Å². The van der Waals surface area contributed by atoms with E-state index in [-0.39, 0.29) is 0 Å². The molecule has 1 aliphatic heterocycles. The van der Waals surface area contributed by atoms with Crippen LogP contribution in [0.1, 0.15) is 16.7 Å². The van der Waals surface area contributed by atoms with Crippen LogP contribution in [0.25, 0.3) is 17.2 Å². The molecule has 178 valence electrons. The number of aromatic nitrogens is 3. The highest BCUT2D eigenvalue weighted by molar-refractivity contribution is 6.02. The number of hydrogen-bond acceptors (Lipinski definition) is 5. The van der Waals surface area contributed by atoms with Gasteiger partial charge in [0.05, 0.1) is 18.9 Å². The summed E-state index contributed by atoms with van der Waals surface area (Å²) in [6.45, 7) is -0.262. The predicted molar refractivity (Wildman–Crippen MR) is 121 cm³/mol. The van der Waals surface area contributed by atoms with Gasteiger partial charge in [0.2, 0.25) is 5.91 Å². The number of carbonyl (C=O) groups excluding carboxylic acids is 1. The summed E-state index contributed by atoms with van der Waals surface area (Å²) >= 11 is 0. The maximum Gasteiger partial charge on any atom is 0.283 e. The van der Waals surface area contributed by atoms with Gasteiger partial charge in [-0.25, -0.2) is 13.2 Å². The van der Waals surface area contributed by atoms with Crippen molar-refractivity contribution < 1.29 is 22.7 Å². The van der Waals surface area contributed by atoms with Crippen LogP contribution in [0, 0.1) is 5.82 Å². The Kier molecular flexibility index (Phi) is 6.80. The van der Waals surface area contributed by atoms with E-state index >= 15 is 0 Å². The Labute approximate surface area is 194 Å². The van der Waals surface area contributed by atoms with Gasteiger partial charge in [-0.3, -0.25) is 19.4 Å². The zero-order valence-electron chi connectivity index (χ0n) is 18.8. The molecule has 3 heterocycles. The van der Waals surface area contributed by atoms with Gasteiger partial charge >= 0.3 is 0 Å². The number of anilines is 1. The minimum atomic E-state index is -2.93. The monoisotopic (exact) mass is 471 g/mol.